The summed E-state index contributed by atoms with van der Waals surface area (Å²) in [5, 5.41) is 14.7. The van der Waals surface area contributed by atoms with Crippen molar-refractivity contribution in [2.75, 3.05) is 20.2 Å². The van der Waals surface area contributed by atoms with E-state index in [4.69, 9.17) is 21.9 Å². The summed E-state index contributed by atoms with van der Waals surface area (Å²) in [7, 11) is 1.49. The number of nitrogens with zero attached hydrogens (tertiary/aromatic N) is 1. The van der Waals surface area contributed by atoms with E-state index in [1.54, 1.807) is 0 Å². The van der Waals surface area contributed by atoms with Crippen LogP contribution in [0.1, 0.15) is 56.9 Å². The van der Waals surface area contributed by atoms with Crippen LogP contribution in [0, 0.1) is 0 Å². The second-order valence-electron chi connectivity index (χ2n) is 10.3. The SMILES string of the molecule is CO[C@H]1CCCN(C(=O)[C@H](CCCCN)NC(=O)[C@@H](N)Cc2ccccc2)[C@H]1CC(=O)N[C@@H](CCC(N)=O)C(=O)O. The van der Waals surface area contributed by atoms with E-state index in [1.165, 1.54) is 12.0 Å². The van der Waals surface area contributed by atoms with Gasteiger partial charge in [0.05, 0.1) is 18.2 Å². The monoisotopic (exact) mass is 576 g/mol. The number of carbonyl (C=O) groups is 5. The number of hydrogen-bond donors (Lipinski definition) is 6. The van der Waals surface area contributed by atoms with Crippen molar-refractivity contribution in [2.45, 2.75) is 88.1 Å². The summed E-state index contributed by atoms with van der Waals surface area (Å²) in [4.78, 5) is 64.1. The molecular formula is C28H44N6O7. The summed E-state index contributed by atoms with van der Waals surface area (Å²) in [5.74, 6) is -3.42. The molecule has 4 amide bonds. The molecule has 0 radical (unpaired) electrons. The van der Waals surface area contributed by atoms with Gasteiger partial charge in [-0.1, -0.05) is 30.3 Å². The molecule has 0 aliphatic carbocycles. The summed E-state index contributed by atoms with van der Waals surface area (Å²) in [5.41, 5.74) is 17.8. The van der Waals surface area contributed by atoms with E-state index in [0.717, 1.165) is 5.56 Å². The number of rotatable bonds is 17. The average Bonchev–Trinajstić information content (AvgIpc) is 2.94. The lowest BCUT2D eigenvalue weighted by molar-refractivity contribution is -0.147. The fourth-order valence-electron chi connectivity index (χ4n) is 4.99. The van der Waals surface area contributed by atoms with Crippen LogP contribution in [0.15, 0.2) is 30.3 Å². The number of ether oxygens (including phenoxy) is 1. The zero-order chi connectivity index (χ0) is 30.4. The van der Waals surface area contributed by atoms with E-state index in [9.17, 15) is 29.1 Å². The number of nitrogens with one attached hydrogen (secondary N) is 2. The van der Waals surface area contributed by atoms with Crippen LogP contribution in [0.4, 0.5) is 0 Å². The first-order valence-electron chi connectivity index (χ1n) is 14.0. The lowest BCUT2D eigenvalue weighted by Crippen LogP contribution is -2.60. The predicted octanol–water partition coefficient (Wildman–Crippen LogP) is -0.599. The van der Waals surface area contributed by atoms with Gasteiger partial charge >= 0.3 is 5.97 Å². The maximum Gasteiger partial charge on any atom is 0.326 e. The molecule has 0 bridgehead atoms. The average molecular weight is 577 g/mol. The number of primary amides is 1. The van der Waals surface area contributed by atoms with Crippen molar-refractivity contribution in [2.24, 2.45) is 17.2 Å². The van der Waals surface area contributed by atoms with E-state index in [1.807, 2.05) is 30.3 Å². The van der Waals surface area contributed by atoms with Gasteiger partial charge in [-0.3, -0.25) is 19.2 Å². The molecule has 13 nitrogen and oxygen atoms in total. The molecular weight excluding hydrogens is 532 g/mol. The molecule has 1 fully saturated rings. The van der Waals surface area contributed by atoms with Gasteiger partial charge in [-0.2, -0.15) is 0 Å². The number of piperidine rings is 1. The van der Waals surface area contributed by atoms with Crippen LogP contribution in [-0.4, -0.2) is 90.1 Å². The van der Waals surface area contributed by atoms with Crippen LogP contribution in [0.25, 0.3) is 0 Å². The molecule has 1 saturated heterocycles. The summed E-state index contributed by atoms with van der Waals surface area (Å²) >= 11 is 0. The molecule has 1 aliphatic heterocycles. The zero-order valence-corrected chi connectivity index (χ0v) is 23.6. The minimum absolute atomic E-state index is 0.157. The highest BCUT2D eigenvalue weighted by molar-refractivity contribution is 5.90. The number of likely N-dealkylation sites (tertiary alicyclic amines) is 1. The fraction of sp³-hybridized carbons (Fsp3) is 0.607. The number of methoxy groups -OCH3 is 1. The largest absolute Gasteiger partial charge is 0.480 e. The highest BCUT2D eigenvalue weighted by Crippen LogP contribution is 2.24. The van der Waals surface area contributed by atoms with Crippen LogP contribution >= 0.6 is 0 Å². The number of carboxylic acid groups (broad SMARTS) is 1. The molecule has 1 aromatic carbocycles. The number of benzene rings is 1. The summed E-state index contributed by atoms with van der Waals surface area (Å²) in [6.45, 7) is 0.765. The number of aliphatic carboxylic acids is 1. The van der Waals surface area contributed by atoms with Crippen LogP contribution in [0.2, 0.25) is 0 Å². The third-order valence-electron chi connectivity index (χ3n) is 7.21. The number of carboxylic acids is 1. The number of nitrogens with two attached hydrogens (primary N) is 3. The first-order valence-corrected chi connectivity index (χ1v) is 14.0. The Kier molecular flexibility index (Phi) is 14.2. The molecule has 0 aromatic heterocycles. The van der Waals surface area contributed by atoms with Crippen LogP contribution in [-0.2, 0) is 35.1 Å². The quantitative estimate of drug-likeness (QED) is 0.130. The molecule has 1 aromatic rings. The summed E-state index contributed by atoms with van der Waals surface area (Å²) < 4.78 is 5.61. The Balaban J connectivity index is 2.18. The van der Waals surface area contributed by atoms with Gasteiger partial charge < -0.3 is 42.6 Å². The van der Waals surface area contributed by atoms with Gasteiger partial charge in [0.15, 0.2) is 0 Å². The molecule has 41 heavy (non-hydrogen) atoms. The first kappa shape index (κ1) is 33.7. The molecule has 2 rings (SSSR count). The van der Waals surface area contributed by atoms with E-state index >= 15 is 0 Å². The van der Waals surface area contributed by atoms with E-state index < -0.39 is 54.0 Å². The lowest BCUT2D eigenvalue weighted by atomic mass is 9.93. The highest BCUT2D eigenvalue weighted by atomic mass is 16.5. The van der Waals surface area contributed by atoms with Gasteiger partial charge in [0.2, 0.25) is 23.6 Å². The molecule has 0 saturated carbocycles. The van der Waals surface area contributed by atoms with Crippen LogP contribution < -0.4 is 27.8 Å². The molecule has 1 heterocycles. The molecule has 0 spiro atoms. The molecule has 0 unspecified atom stereocenters. The van der Waals surface area contributed by atoms with Gasteiger partial charge in [-0.05, 0) is 57.1 Å². The fourth-order valence-corrected chi connectivity index (χ4v) is 4.99. The van der Waals surface area contributed by atoms with E-state index in [-0.39, 0.29) is 25.2 Å². The first-order chi connectivity index (χ1) is 19.6. The van der Waals surface area contributed by atoms with Crippen molar-refractivity contribution in [3.05, 3.63) is 35.9 Å². The summed E-state index contributed by atoms with van der Waals surface area (Å²) in [6, 6.07) is 5.55. The van der Waals surface area contributed by atoms with Crippen LogP contribution in [0.3, 0.4) is 0 Å². The number of carbonyl (C=O) groups excluding carboxylic acids is 4. The van der Waals surface area contributed by atoms with Gasteiger partial charge in [0, 0.05) is 26.5 Å². The van der Waals surface area contributed by atoms with Crippen molar-refractivity contribution >= 4 is 29.6 Å². The Labute approximate surface area is 240 Å². The molecule has 13 heteroatoms. The molecule has 9 N–H and O–H groups in total. The second-order valence-corrected chi connectivity index (χ2v) is 10.3. The molecule has 5 atom stereocenters. The predicted molar refractivity (Wildman–Crippen MR) is 151 cm³/mol. The third kappa shape index (κ3) is 11.1. The van der Waals surface area contributed by atoms with Gasteiger partial charge in [-0.25, -0.2) is 4.79 Å². The van der Waals surface area contributed by atoms with Gasteiger partial charge in [-0.15, -0.1) is 0 Å². The van der Waals surface area contributed by atoms with Gasteiger partial charge in [0.1, 0.15) is 12.1 Å². The second kappa shape index (κ2) is 17.3. The maximum absolute atomic E-state index is 13.9. The molecule has 228 valence electrons. The minimum atomic E-state index is -1.31. The van der Waals surface area contributed by atoms with Crippen molar-refractivity contribution in [3.63, 3.8) is 0 Å². The Bertz CT molecular complexity index is 1020. The van der Waals surface area contributed by atoms with Gasteiger partial charge in [0.25, 0.3) is 0 Å². The lowest BCUT2D eigenvalue weighted by Gasteiger charge is -2.42. The smallest absolute Gasteiger partial charge is 0.326 e. The number of unbranched alkanes of at least 4 members (excludes halogenated alkanes) is 1. The molecule has 1 aliphatic rings. The minimum Gasteiger partial charge on any atom is -0.480 e. The van der Waals surface area contributed by atoms with Crippen molar-refractivity contribution in [1.82, 2.24) is 15.5 Å². The van der Waals surface area contributed by atoms with E-state index in [2.05, 4.69) is 10.6 Å². The Morgan fingerprint density at radius 1 is 1.07 bits per heavy atom. The van der Waals surface area contributed by atoms with Crippen LogP contribution in [0.5, 0.6) is 0 Å². The van der Waals surface area contributed by atoms with Crippen molar-refractivity contribution in [3.8, 4) is 0 Å². The maximum atomic E-state index is 13.9. The zero-order valence-electron chi connectivity index (χ0n) is 23.6. The highest BCUT2D eigenvalue weighted by Gasteiger charge is 2.39. The van der Waals surface area contributed by atoms with Crippen molar-refractivity contribution < 1.29 is 33.8 Å². The summed E-state index contributed by atoms with van der Waals surface area (Å²) in [6.07, 6.45) is 2.03. The Morgan fingerprint density at radius 3 is 2.39 bits per heavy atom. The number of hydrogen-bond acceptors (Lipinski definition) is 8. The standard InChI is InChI=1S/C28H44N6O7/c1-41-23-11-7-15-34(22(23)17-25(36)32-21(28(39)40)12-13-24(31)35)27(38)20(10-5-6-14-29)33-26(37)19(30)16-18-8-3-2-4-9-18/h2-4,8-9,19-23H,5-7,10-17,29-30H2,1H3,(H2,31,35)(H,32,36)(H,33,37)(H,39,40)/t19-,20-,21-,22-,23-/m0/s1. The van der Waals surface area contributed by atoms with E-state index in [0.29, 0.717) is 51.6 Å². The van der Waals surface area contributed by atoms with Crippen molar-refractivity contribution in [1.29, 1.82) is 0 Å². The Morgan fingerprint density at radius 2 is 1.78 bits per heavy atom. The number of amides is 4. The third-order valence-corrected chi connectivity index (χ3v) is 7.21. The Hall–Kier alpha value is -3.55. The topological polar surface area (TPSA) is 220 Å². The normalized spacial score (nSPS) is 19.0.